The van der Waals surface area contributed by atoms with Gasteiger partial charge in [0.15, 0.2) is 0 Å². The van der Waals surface area contributed by atoms with Crippen LogP contribution in [0.15, 0.2) is 16.3 Å². The van der Waals surface area contributed by atoms with E-state index in [0.717, 1.165) is 50.3 Å². The van der Waals surface area contributed by atoms with Crippen LogP contribution in [0.4, 0.5) is 0 Å². The molecular weight excluding hydrogens is 334 g/mol. The van der Waals surface area contributed by atoms with Gasteiger partial charge in [-0.15, -0.1) is 11.3 Å². The Morgan fingerprint density at radius 1 is 1.09 bits per heavy atom. The van der Waals surface area contributed by atoms with E-state index in [2.05, 4.69) is 5.32 Å². The Morgan fingerprint density at radius 3 is 2.65 bits per heavy atom. The van der Waals surface area contributed by atoms with Gasteiger partial charge in [-0.05, 0) is 37.9 Å². The van der Waals surface area contributed by atoms with Gasteiger partial charge in [0.2, 0.25) is 5.91 Å². The maximum Gasteiger partial charge on any atom is 0.252 e. The molecule has 2 saturated heterocycles. The quantitative estimate of drug-likeness (QED) is 0.869. The lowest BCUT2D eigenvalue weighted by Gasteiger charge is -2.19. The maximum absolute atomic E-state index is 12.5. The summed E-state index contributed by atoms with van der Waals surface area (Å²) in [6.45, 7) is 4.48. The van der Waals surface area contributed by atoms with Crippen molar-refractivity contribution in [2.75, 3.05) is 39.3 Å². The number of nitrogens with one attached hydrogen (secondary N) is 1. The van der Waals surface area contributed by atoms with Crippen molar-refractivity contribution in [3.8, 4) is 0 Å². The molecule has 0 atom stereocenters. The smallest absolute Gasteiger partial charge is 0.252 e. The second kappa shape index (κ2) is 7.29. The molecule has 0 aromatic carbocycles. The van der Waals surface area contributed by atoms with Crippen LogP contribution in [-0.2, 0) is 21.2 Å². The fraction of sp³-hybridized carbons (Fsp3) is 0.667. The topological polar surface area (TPSA) is 69.7 Å². The highest BCUT2D eigenvalue weighted by molar-refractivity contribution is 7.91. The van der Waals surface area contributed by atoms with Crippen molar-refractivity contribution in [3.05, 3.63) is 17.0 Å². The highest BCUT2D eigenvalue weighted by atomic mass is 32.2. The molecule has 0 saturated carbocycles. The fourth-order valence-electron chi connectivity index (χ4n) is 3.00. The Morgan fingerprint density at radius 2 is 1.87 bits per heavy atom. The number of amides is 1. The van der Waals surface area contributed by atoms with E-state index in [9.17, 15) is 13.2 Å². The van der Waals surface area contributed by atoms with Crippen LogP contribution in [0.25, 0.3) is 0 Å². The van der Waals surface area contributed by atoms with Crippen molar-refractivity contribution in [1.82, 2.24) is 14.5 Å². The van der Waals surface area contributed by atoms with Gasteiger partial charge in [0.05, 0.1) is 6.42 Å². The fourth-order valence-corrected chi connectivity index (χ4v) is 6.02. The van der Waals surface area contributed by atoms with E-state index in [4.69, 9.17) is 0 Å². The van der Waals surface area contributed by atoms with E-state index in [1.807, 2.05) is 4.90 Å². The average Bonchev–Trinajstić information content (AvgIpc) is 3.15. The normalized spacial score (nSPS) is 20.6. The average molecular weight is 358 g/mol. The summed E-state index contributed by atoms with van der Waals surface area (Å²) in [5.74, 6) is 0.0840. The van der Waals surface area contributed by atoms with E-state index >= 15 is 0 Å². The van der Waals surface area contributed by atoms with Crippen LogP contribution in [0.5, 0.6) is 0 Å². The first-order valence-corrected chi connectivity index (χ1v) is 10.4. The summed E-state index contributed by atoms with van der Waals surface area (Å²) in [7, 11) is -3.37. The number of rotatable bonds is 4. The van der Waals surface area contributed by atoms with Gasteiger partial charge in [0.25, 0.3) is 10.0 Å². The molecule has 0 unspecified atom stereocenters. The predicted octanol–water partition coefficient (Wildman–Crippen LogP) is 0.897. The highest BCUT2D eigenvalue weighted by Gasteiger charge is 2.28. The number of hydrogen-bond acceptors (Lipinski definition) is 5. The lowest BCUT2D eigenvalue weighted by Crippen LogP contribution is -2.35. The maximum atomic E-state index is 12.5. The summed E-state index contributed by atoms with van der Waals surface area (Å²) >= 11 is 1.23. The molecule has 0 spiro atoms. The minimum absolute atomic E-state index is 0.0840. The Hall–Kier alpha value is -0.960. The van der Waals surface area contributed by atoms with Crippen molar-refractivity contribution in [1.29, 1.82) is 0 Å². The van der Waals surface area contributed by atoms with Gasteiger partial charge in [0.1, 0.15) is 4.21 Å². The summed E-state index contributed by atoms with van der Waals surface area (Å²) in [5, 5.41) is 3.28. The summed E-state index contributed by atoms with van der Waals surface area (Å²) < 4.78 is 26.9. The first kappa shape index (κ1) is 16.9. The molecule has 1 aromatic heterocycles. The third-order valence-corrected chi connectivity index (χ3v) is 7.77. The van der Waals surface area contributed by atoms with Crippen LogP contribution in [0.2, 0.25) is 0 Å². The molecule has 2 aliphatic rings. The number of hydrogen-bond donors (Lipinski definition) is 1. The van der Waals surface area contributed by atoms with Crippen molar-refractivity contribution < 1.29 is 13.2 Å². The van der Waals surface area contributed by atoms with Crippen LogP contribution < -0.4 is 5.32 Å². The minimum Gasteiger partial charge on any atom is -0.341 e. The third kappa shape index (κ3) is 3.93. The van der Waals surface area contributed by atoms with E-state index in [1.165, 1.54) is 11.3 Å². The van der Waals surface area contributed by atoms with Gasteiger partial charge < -0.3 is 10.2 Å². The molecule has 2 fully saturated rings. The molecule has 128 valence electrons. The molecule has 3 heterocycles. The van der Waals surface area contributed by atoms with Crippen molar-refractivity contribution in [2.24, 2.45) is 0 Å². The number of carbonyl (C=O) groups is 1. The summed E-state index contributed by atoms with van der Waals surface area (Å²) in [5.41, 5.74) is 0. The van der Waals surface area contributed by atoms with Gasteiger partial charge in [-0.2, -0.15) is 4.31 Å². The monoisotopic (exact) mass is 357 g/mol. The lowest BCUT2D eigenvalue weighted by atomic mass is 10.3. The van der Waals surface area contributed by atoms with Crippen LogP contribution in [-0.4, -0.2) is 62.8 Å². The van der Waals surface area contributed by atoms with E-state index in [1.54, 1.807) is 16.4 Å². The zero-order valence-electron chi connectivity index (χ0n) is 13.2. The van der Waals surface area contributed by atoms with Crippen molar-refractivity contribution >= 4 is 27.3 Å². The molecular formula is C15H23N3O3S2. The number of carbonyl (C=O) groups excluding carboxylic acids is 1. The first-order valence-electron chi connectivity index (χ1n) is 8.15. The summed E-state index contributed by atoms with van der Waals surface area (Å²) in [4.78, 5) is 15.1. The van der Waals surface area contributed by atoms with Crippen molar-refractivity contribution in [3.63, 3.8) is 0 Å². The molecule has 23 heavy (non-hydrogen) atoms. The number of nitrogens with zero attached hydrogens (tertiary/aromatic N) is 2. The molecule has 2 aliphatic heterocycles. The van der Waals surface area contributed by atoms with E-state index < -0.39 is 10.0 Å². The molecule has 8 heteroatoms. The zero-order chi connectivity index (χ0) is 16.3. The molecule has 6 nitrogen and oxygen atoms in total. The SMILES string of the molecule is O=C(Cc1ccc(S(=O)(=O)N2CCCC2)s1)N1CCCNCC1. The van der Waals surface area contributed by atoms with Crippen LogP contribution >= 0.6 is 11.3 Å². The molecule has 0 aliphatic carbocycles. The number of thiophene rings is 1. The van der Waals surface area contributed by atoms with Crippen LogP contribution in [0.1, 0.15) is 24.1 Å². The summed E-state index contributed by atoms with van der Waals surface area (Å²) in [6, 6.07) is 3.42. The lowest BCUT2D eigenvalue weighted by molar-refractivity contribution is -0.130. The Bertz CT molecular complexity index is 643. The van der Waals surface area contributed by atoms with Crippen LogP contribution in [0, 0.1) is 0 Å². The Balaban J connectivity index is 1.65. The van der Waals surface area contributed by atoms with Gasteiger partial charge in [-0.3, -0.25) is 4.79 Å². The zero-order valence-corrected chi connectivity index (χ0v) is 14.8. The Kier molecular flexibility index (Phi) is 5.35. The van der Waals surface area contributed by atoms with Crippen molar-refractivity contribution in [2.45, 2.75) is 29.9 Å². The van der Waals surface area contributed by atoms with Crippen LogP contribution in [0.3, 0.4) is 0 Å². The van der Waals surface area contributed by atoms with E-state index in [-0.39, 0.29) is 5.91 Å². The second-order valence-electron chi connectivity index (χ2n) is 5.99. The predicted molar refractivity (Wildman–Crippen MR) is 90.1 cm³/mol. The molecule has 0 bridgehead atoms. The molecule has 1 aromatic rings. The largest absolute Gasteiger partial charge is 0.341 e. The summed E-state index contributed by atoms with van der Waals surface area (Å²) in [6.07, 6.45) is 3.11. The molecule has 3 rings (SSSR count). The van der Waals surface area contributed by atoms with Gasteiger partial charge in [0, 0.05) is 37.6 Å². The molecule has 1 amide bonds. The molecule has 0 radical (unpaired) electrons. The number of sulfonamides is 1. The van der Waals surface area contributed by atoms with E-state index in [0.29, 0.717) is 23.7 Å². The standard InChI is InChI=1S/C15H23N3O3S2/c19-14(17-8-3-6-16-7-11-17)12-13-4-5-15(22-13)23(20,21)18-9-1-2-10-18/h4-5,16H,1-3,6-12H2. The van der Waals surface area contributed by atoms with Gasteiger partial charge in [-0.1, -0.05) is 0 Å². The molecule has 1 N–H and O–H groups in total. The highest BCUT2D eigenvalue weighted by Crippen LogP contribution is 2.27. The second-order valence-corrected chi connectivity index (χ2v) is 9.33. The van der Waals surface area contributed by atoms with Gasteiger partial charge >= 0.3 is 0 Å². The first-order chi connectivity index (χ1) is 11.1. The third-order valence-electron chi connectivity index (χ3n) is 4.31. The Labute approximate surface area is 141 Å². The van der Waals surface area contributed by atoms with Gasteiger partial charge in [-0.25, -0.2) is 8.42 Å². The minimum atomic E-state index is -3.37.